The molecule has 2 aliphatic rings. The van der Waals surface area contributed by atoms with Gasteiger partial charge in [-0.3, -0.25) is 14.4 Å². The van der Waals surface area contributed by atoms with Crippen LogP contribution in [0.3, 0.4) is 0 Å². The summed E-state index contributed by atoms with van der Waals surface area (Å²) in [7, 11) is 3.07. The van der Waals surface area contributed by atoms with Crippen molar-refractivity contribution in [2.24, 2.45) is 5.92 Å². The highest BCUT2D eigenvalue weighted by atomic mass is 16.5. The summed E-state index contributed by atoms with van der Waals surface area (Å²) in [6.07, 6.45) is 2.15. The molecule has 0 radical (unpaired) electrons. The molecule has 2 fully saturated rings. The maximum Gasteiger partial charge on any atom is 0.312 e. The molecular weight excluding hydrogens is 400 g/mol. The minimum Gasteiger partial charge on any atom is -0.497 e. The Bertz CT molecular complexity index is 831. The van der Waals surface area contributed by atoms with Gasteiger partial charge in [-0.1, -0.05) is 0 Å². The van der Waals surface area contributed by atoms with E-state index in [1.807, 2.05) is 18.7 Å². The van der Waals surface area contributed by atoms with Gasteiger partial charge < -0.3 is 24.0 Å². The number of benzene rings is 1. The van der Waals surface area contributed by atoms with E-state index in [1.165, 1.54) is 12.0 Å². The third kappa shape index (κ3) is 4.78. The second kappa shape index (κ2) is 9.58. The lowest BCUT2D eigenvalue weighted by Gasteiger charge is -2.40. The number of likely N-dealkylation sites (tertiary alicyclic amines) is 1. The van der Waals surface area contributed by atoms with Crippen molar-refractivity contribution in [2.75, 3.05) is 25.7 Å². The van der Waals surface area contributed by atoms with Gasteiger partial charge in [0.2, 0.25) is 5.91 Å². The van der Waals surface area contributed by atoms with Crippen molar-refractivity contribution < 1.29 is 28.6 Å². The predicted octanol–water partition coefficient (Wildman–Crippen LogP) is 2.78. The molecule has 0 unspecified atom stereocenters. The van der Waals surface area contributed by atoms with E-state index in [0.29, 0.717) is 17.2 Å². The Hall–Kier alpha value is -2.77. The fourth-order valence-corrected chi connectivity index (χ4v) is 4.49. The lowest BCUT2D eigenvalue weighted by Crippen LogP contribution is -2.51. The molecule has 2 aliphatic heterocycles. The molecule has 0 bridgehead atoms. The Morgan fingerprint density at radius 1 is 1.10 bits per heavy atom. The SMILES string of the molecule is COc1ccc(N2C[C@H](C(=O)O[C@H](C)C(=O)N3[C@@H](C)CCC[C@@H]3C)CC2=O)c(OC)c1. The van der Waals surface area contributed by atoms with E-state index in [1.54, 1.807) is 32.2 Å². The van der Waals surface area contributed by atoms with Crippen molar-refractivity contribution in [3.63, 3.8) is 0 Å². The van der Waals surface area contributed by atoms with Crippen molar-refractivity contribution in [2.45, 2.75) is 64.6 Å². The smallest absolute Gasteiger partial charge is 0.312 e. The van der Waals surface area contributed by atoms with Gasteiger partial charge in [0.15, 0.2) is 6.10 Å². The number of ether oxygens (including phenoxy) is 3. The number of esters is 1. The third-order valence-corrected chi connectivity index (χ3v) is 6.22. The van der Waals surface area contributed by atoms with Gasteiger partial charge in [0.05, 0.1) is 25.8 Å². The monoisotopic (exact) mass is 432 g/mol. The average Bonchev–Trinajstić information content (AvgIpc) is 3.14. The Balaban J connectivity index is 1.66. The molecule has 0 spiro atoms. The zero-order valence-corrected chi connectivity index (χ0v) is 18.9. The van der Waals surface area contributed by atoms with Gasteiger partial charge in [-0.05, 0) is 52.2 Å². The second-order valence-electron chi connectivity index (χ2n) is 8.40. The summed E-state index contributed by atoms with van der Waals surface area (Å²) in [6.45, 7) is 5.84. The first-order valence-electron chi connectivity index (χ1n) is 10.8. The minimum absolute atomic E-state index is 0.0332. The number of carbonyl (C=O) groups excluding carboxylic acids is 3. The molecule has 8 heteroatoms. The van der Waals surface area contributed by atoms with Crippen LogP contribution in [-0.4, -0.2) is 61.6 Å². The zero-order valence-electron chi connectivity index (χ0n) is 18.9. The number of hydrogen-bond acceptors (Lipinski definition) is 6. The lowest BCUT2D eigenvalue weighted by molar-refractivity contribution is -0.164. The van der Waals surface area contributed by atoms with Crippen molar-refractivity contribution in [1.29, 1.82) is 0 Å². The highest BCUT2D eigenvalue weighted by Crippen LogP contribution is 2.36. The Morgan fingerprint density at radius 2 is 1.77 bits per heavy atom. The van der Waals surface area contributed by atoms with Crippen molar-refractivity contribution in [3.8, 4) is 11.5 Å². The summed E-state index contributed by atoms with van der Waals surface area (Å²) in [6, 6.07) is 5.41. The molecule has 1 aromatic rings. The summed E-state index contributed by atoms with van der Waals surface area (Å²) in [5.41, 5.74) is 0.573. The van der Waals surface area contributed by atoms with E-state index >= 15 is 0 Å². The van der Waals surface area contributed by atoms with Crippen LogP contribution in [0.2, 0.25) is 0 Å². The van der Waals surface area contributed by atoms with Crippen LogP contribution in [0.1, 0.15) is 46.5 Å². The van der Waals surface area contributed by atoms with E-state index < -0.39 is 18.0 Å². The van der Waals surface area contributed by atoms with E-state index in [2.05, 4.69) is 0 Å². The molecule has 2 heterocycles. The van der Waals surface area contributed by atoms with Gasteiger partial charge in [0.25, 0.3) is 5.91 Å². The molecule has 1 aromatic carbocycles. The molecule has 4 atom stereocenters. The number of anilines is 1. The number of methoxy groups -OCH3 is 2. The third-order valence-electron chi connectivity index (χ3n) is 6.22. The topological polar surface area (TPSA) is 85.4 Å². The summed E-state index contributed by atoms with van der Waals surface area (Å²) in [4.78, 5) is 41.6. The fraction of sp³-hybridized carbons (Fsp3) is 0.609. The first-order chi connectivity index (χ1) is 14.8. The molecule has 2 amide bonds. The molecule has 0 aliphatic carbocycles. The summed E-state index contributed by atoms with van der Waals surface area (Å²) < 4.78 is 16.1. The van der Waals surface area contributed by atoms with Crippen LogP contribution < -0.4 is 14.4 Å². The van der Waals surface area contributed by atoms with Crippen molar-refractivity contribution in [3.05, 3.63) is 18.2 Å². The van der Waals surface area contributed by atoms with Crippen LogP contribution in [0.5, 0.6) is 11.5 Å². The number of carbonyl (C=O) groups is 3. The highest BCUT2D eigenvalue weighted by molar-refractivity contribution is 6.01. The maximum absolute atomic E-state index is 12.9. The van der Waals surface area contributed by atoms with Gasteiger partial charge in [-0.25, -0.2) is 0 Å². The second-order valence-corrected chi connectivity index (χ2v) is 8.40. The van der Waals surface area contributed by atoms with E-state index in [-0.39, 0.29) is 36.9 Å². The largest absolute Gasteiger partial charge is 0.497 e. The van der Waals surface area contributed by atoms with E-state index in [0.717, 1.165) is 19.3 Å². The number of rotatable bonds is 6. The molecule has 0 aromatic heterocycles. The molecular formula is C23H32N2O6. The van der Waals surface area contributed by atoms with E-state index in [9.17, 15) is 14.4 Å². The van der Waals surface area contributed by atoms with Crippen LogP contribution in [-0.2, 0) is 19.1 Å². The van der Waals surface area contributed by atoms with Crippen LogP contribution in [0.15, 0.2) is 18.2 Å². The van der Waals surface area contributed by atoms with Crippen LogP contribution in [0.25, 0.3) is 0 Å². The molecule has 3 rings (SSSR count). The van der Waals surface area contributed by atoms with Gasteiger partial charge in [0.1, 0.15) is 11.5 Å². The first-order valence-corrected chi connectivity index (χ1v) is 10.8. The Kier molecular flexibility index (Phi) is 7.08. The van der Waals surface area contributed by atoms with Gasteiger partial charge in [0, 0.05) is 31.1 Å². The molecule has 0 saturated carbocycles. The molecule has 0 N–H and O–H groups in total. The zero-order chi connectivity index (χ0) is 22.7. The quantitative estimate of drug-likeness (QED) is 0.643. The van der Waals surface area contributed by atoms with Crippen LogP contribution >= 0.6 is 0 Å². The first kappa shape index (κ1) is 22.9. The molecule has 31 heavy (non-hydrogen) atoms. The Labute approximate surface area is 183 Å². The predicted molar refractivity (Wildman–Crippen MR) is 115 cm³/mol. The number of hydrogen-bond donors (Lipinski definition) is 0. The molecule has 8 nitrogen and oxygen atoms in total. The van der Waals surface area contributed by atoms with Crippen molar-refractivity contribution >= 4 is 23.5 Å². The van der Waals surface area contributed by atoms with Gasteiger partial charge in [-0.15, -0.1) is 0 Å². The van der Waals surface area contributed by atoms with Crippen LogP contribution in [0, 0.1) is 5.92 Å². The molecule has 2 saturated heterocycles. The maximum atomic E-state index is 12.9. The standard InChI is InChI=1S/C23H32N2O6/c1-14-7-6-8-15(2)25(14)22(27)16(3)31-23(28)17-11-21(26)24(13-17)19-10-9-18(29-4)12-20(19)30-5/h9-10,12,14-17H,6-8,11,13H2,1-5H3/t14-,15-,16+,17+/m0/s1. The Morgan fingerprint density at radius 3 is 2.39 bits per heavy atom. The molecule has 170 valence electrons. The minimum atomic E-state index is -0.879. The van der Waals surface area contributed by atoms with Crippen LogP contribution in [0.4, 0.5) is 5.69 Å². The number of piperidine rings is 1. The lowest BCUT2D eigenvalue weighted by atomic mass is 9.97. The summed E-state index contributed by atoms with van der Waals surface area (Å²) in [5.74, 6) is -0.434. The fourth-order valence-electron chi connectivity index (χ4n) is 4.49. The van der Waals surface area contributed by atoms with Gasteiger partial charge in [-0.2, -0.15) is 0 Å². The number of nitrogens with zero attached hydrogens (tertiary/aromatic N) is 2. The number of amides is 2. The summed E-state index contributed by atoms with van der Waals surface area (Å²) >= 11 is 0. The average molecular weight is 433 g/mol. The van der Waals surface area contributed by atoms with E-state index in [4.69, 9.17) is 14.2 Å². The van der Waals surface area contributed by atoms with Crippen molar-refractivity contribution in [1.82, 2.24) is 4.90 Å². The summed E-state index contributed by atoms with van der Waals surface area (Å²) in [5, 5.41) is 0. The highest BCUT2D eigenvalue weighted by Gasteiger charge is 2.39. The normalized spacial score (nSPS) is 24.7. The van der Waals surface area contributed by atoms with Gasteiger partial charge >= 0.3 is 5.97 Å².